The lowest BCUT2D eigenvalue weighted by Crippen LogP contribution is -2.49. The molecule has 0 aromatic heterocycles. The van der Waals surface area contributed by atoms with Gasteiger partial charge in [-0.1, -0.05) is 44.2 Å². The van der Waals surface area contributed by atoms with Crippen molar-refractivity contribution in [2.45, 2.75) is 43.3 Å². The van der Waals surface area contributed by atoms with Crippen LogP contribution in [0.4, 0.5) is 0 Å². The van der Waals surface area contributed by atoms with Crippen LogP contribution in [0.2, 0.25) is 10.7 Å². The quantitative estimate of drug-likeness (QED) is 0.477. The molecule has 2 fully saturated rings. The Morgan fingerprint density at radius 1 is 1.08 bits per heavy atom. The van der Waals surface area contributed by atoms with Crippen LogP contribution in [-0.2, 0) is 0 Å². The van der Waals surface area contributed by atoms with E-state index in [1.54, 1.807) is 0 Å². The highest BCUT2D eigenvalue weighted by molar-refractivity contribution is 7.00. The summed E-state index contributed by atoms with van der Waals surface area (Å²) in [7, 11) is 7.86. The van der Waals surface area contributed by atoms with Gasteiger partial charge in [-0.2, -0.15) is 0 Å². The Morgan fingerprint density at radius 3 is 2.08 bits per heavy atom. The number of hydrogen-bond donors (Lipinski definition) is 0. The minimum Gasteiger partial charge on any atom is -0.133 e. The highest BCUT2D eigenvalue weighted by atomic mass is 14.3. The molecule has 2 rings (SSSR count). The van der Waals surface area contributed by atoms with E-state index in [0.717, 1.165) is 17.6 Å². The topological polar surface area (TPSA) is 0 Å². The van der Waals surface area contributed by atoms with Crippen LogP contribution in [0.5, 0.6) is 0 Å². The van der Waals surface area contributed by atoms with Crippen LogP contribution in [0.3, 0.4) is 0 Å². The zero-order chi connectivity index (χ0) is 9.47. The molecule has 0 atom stereocenters. The van der Waals surface area contributed by atoms with Gasteiger partial charge in [0.1, 0.15) is 0 Å². The molecular weight excluding hydrogens is 151 g/mol. The first-order valence-corrected chi connectivity index (χ1v) is 6.07. The van der Waals surface area contributed by atoms with Crippen molar-refractivity contribution in [2.75, 3.05) is 0 Å². The molecule has 13 heavy (non-hydrogen) atoms. The summed E-state index contributed by atoms with van der Waals surface area (Å²) >= 11 is 0. The van der Waals surface area contributed by atoms with E-state index in [9.17, 15) is 0 Å². The third-order valence-corrected chi connectivity index (χ3v) is 4.36. The van der Waals surface area contributed by atoms with Gasteiger partial charge in [0.15, 0.2) is 0 Å². The second kappa shape index (κ2) is 3.44. The molecule has 0 aromatic carbocycles. The van der Waals surface area contributed by atoms with Crippen LogP contribution in [0.25, 0.3) is 0 Å². The lowest BCUT2D eigenvalue weighted by molar-refractivity contribution is 0.296. The minimum atomic E-state index is 0.688. The van der Waals surface area contributed by atoms with E-state index < -0.39 is 0 Å². The van der Waals surface area contributed by atoms with Gasteiger partial charge in [-0.15, -0.1) is 5.01 Å². The van der Waals surface area contributed by atoms with Crippen molar-refractivity contribution in [3.63, 3.8) is 0 Å². The van der Waals surface area contributed by atoms with Gasteiger partial charge in [-0.25, -0.2) is 0 Å². The minimum absolute atomic E-state index is 0.688. The van der Waals surface area contributed by atoms with E-state index in [-0.39, 0.29) is 0 Å². The Labute approximate surface area is 85.9 Å². The second-order valence-electron chi connectivity index (χ2n) is 6.35. The molecule has 0 unspecified atom stereocenters. The van der Waals surface area contributed by atoms with Crippen LogP contribution >= 0.6 is 0 Å². The first-order chi connectivity index (χ1) is 6.07. The second-order valence-corrected chi connectivity index (χ2v) is 6.35. The fourth-order valence-corrected chi connectivity index (χ4v) is 3.45. The maximum atomic E-state index is 2.43. The molecule has 0 amide bonds. The maximum absolute atomic E-state index is 2.43. The zero-order valence-electron chi connectivity index (χ0n) is 9.47. The Balaban J connectivity index is 1.78. The summed E-state index contributed by atoms with van der Waals surface area (Å²) in [4.78, 5) is 0. The standard InChI is InChI=1S/C9H20B4/c1-6-2-4-7(5-3-6)8-12-9(10,11)13-8/h6-8,12-13H,2-5,10-11H2,1H3. The van der Waals surface area contributed by atoms with E-state index >= 15 is 0 Å². The molecule has 0 nitrogen and oxygen atoms in total. The predicted molar refractivity (Wildman–Crippen MR) is 69.0 cm³/mol. The monoisotopic (exact) mass is 172 g/mol. The van der Waals surface area contributed by atoms with Gasteiger partial charge in [-0.3, -0.25) is 0 Å². The average molecular weight is 172 g/mol. The van der Waals surface area contributed by atoms with Crippen LogP contribution in [0.15, 0.2) is 0 Å². The first kappa shape index (κ1) is 9.80. The average Bonchev–Trinajstić information content (AvgIpc) is 2.01. The number of hydrogen-bond acceptors (Lipinski definition) is 0. The molecule has 1 heterocycles. The van der Waals surface area contributed by atoms with Crippen molar-refractivity contribution in [3.05, 3.63) is 0 Å². The third-order valence-electron chi connectivity index (χ3n) is 4.36. The summed E-state index contributed by atoms with van der Waals surface area (Å²) in [5.74, 6) is 2.12. The molecule has 4 heteroatoms. The van der Waals surface area contributed by atoms with Gasteiger partial charge < -0.3 is 0 Å². The molecule has 0 spiro atoms. The van der Waals surface area contributed by atoms with Gasteiger partial charge in [0, 0.05) is 0 Å². The normalized spacial score (nSPS) is 38.5. The van der Waals surface area contributed by atoms with Crippen LogP contribution in [0.1, 0.15) is 32.6 Å². The molecule has 1 saturated carbocycles. The fourth-order valence-electron chi connectivity index (χ4n) is 3.45. The smallest absolute Gasteiger partial charge is 0.0987 e. The van der Waals surface area contributed by atoms with Crippen molar-refractivity contribution in [1.29, 1.82) is 0 Å². The van der Waals surface area contributed by atoms with E-state index in [2.05, 4.69) is 22.6 Å². The van der Waals surface area contributed by atoms with E-state index in [1.165, 1.54) is 40.2 Å². The van der Waals surface area contributed by atoms with Crippen LogP contribution in [-0.4, -0.2) is 30.3 Å². The SMILES string of the molecule is BC1(B)BC(C2CCC(C)CC2)B1. The fraction of sp³-hybridized carbons (Fsp3) is 1.00. The highest BCUT2D eigenvalue weighted by Crippen LogP contribution is 2.45. The Hall–Kier alpha value is 0.260. The zero-order valence-corrected chi connectivity index (χ0v) is 9.47. The van der Waals surface area contributed by atoms with Crippen molar-refractivity contribution >= 4 is 30.3 Å². The summed E-state index contributed by atoms with van der Waals surface area (Å²) < 4.78 is 0. The van der Waals surface area contributed by atoms with Crippen molar-refractivity contribution in [1.82, 2.24) is 0 Å². The molecule has 0 N–H and O–H groups in total. The summed E-state index contributed by atoms with van der Waals surface area (Å²) in [6.45, 7) is 2.42. The van der Waals surface area contributed by atoms with Crippen molar-refractivity contribution in [2.24, 2.45) is 11.8 Å². The van der Waals surface area contributed by atoms with Gasteiger partial charge in [0.25, 0.3) is 0 Å². The van der Waals surface area contributed by atoms with E-state index in [4.69, 9.17) is 0 Å². The molecule has 0 radical (unpaired) electrons. The Bertz CT molecular complexity index is 176. The van der Waals surface area contributed by atoms with Gasteiger partial charge >= 0.3 is 0 Å². The molecule has 1 saturated heterocycles. The summed E-state index contributed by atoms with van der Waals surface area (Å²) in [6.07, 6.45) is 6.06. The first-order valence-electron chi connectivity index (χ1n) is 6.07. The summed E-state index contributed by atoms with van der Waals surface area (Å²) in [6, 6.07) is 0. The number of rotatable bonds is 1. The van der Waals surface area contributed by atoms with E-state index in [1.807, 2.05) is 0 Å². The van der Waals surface area contributed by atoms with Crippen LogP contribution < -0.4 is 0 Å². The summed E-state index contributed by atoms with van der Waals surface area (Å²) in [5.41, 5.74) is 1.10. The molecule has 68 valence electrons. The third kappa shape index (κ3) is 2.19. The highest BCUT2D eigenvalue weighted by Gasteiger charge is 2.42. The lowest BCUT2D eigenvalue weighted by Gasteiger charge is -2.46. The molecular formula is C9H20B4. The largest absolute Gasteiger partial charge is 0.133 e. The van der Waals surface area contributed by atoms with Gasteiger partial charge in [0.05, 0.1) is 30.3 Å². The predicted octanol–water partition coefficient (Wildman–Crippen LogP) is -0.257. The Morgan fingerprint density at radius 2 is 1.62 bits per heavy atom. The van der Waals surface area contributed by atoms with Gasteiger partial charge in [-0.05, 0) is 5.92 Å². The van der Waals surface area contributed by atoms with Crippen molar-refractivity contribution < 1.29 is 0 Å². The van der Waals surface area contributed by atoms with E-state index in [0.29, 0.717) is 5.01 Å². The molecule has 1 aliphatic heterocycles. The van der Waals surface area contributed by atoms with Crippen molar-refractivity contribution in [3.8, 4) is 0 Å². The molecule has 1 aliphatic carbocycles. The summed E-state index contributed by atoms with van der Waals surface area (Å²) in [5, 5.41) is 0.688. The van der Waals surface area contributed by atoms with Gasteiger partial charge in [0.2, 0.25) is 0 Å². The lowest BCUT2D eigenvalue weighted by atomic mass is 8.99. The molecule has 2 aliphatic rings. The van der Waals surface area contributed by atoms with Crippen LogP contribution in [0, 0.1) is 11.8 Å². The molecule has 0 bridgehead atoms. The molecule has 0 aromatic rings. The Kier molecular flexibility index (Phi) is 2.59. The maximum Gasteiger partial charge on any atom is 0.0987 e.